The maximum atomic E-state index is 13.0. The number of amides is 2. The van der Waals surface area contributed by atoms with Crippen LogP contribution in [0.3, 0.4) is 0 Å². The number of carbonyl (C=O) groups excluding carboxylic acids is 2. The quantitative estimate of drug-likeness (QED) is 0.530. The molecule has 1 aromatic heterocycles. The van der Waals surface area contributed by atoms with Crippen molar-refractivity contribution in [1.82, 2.24) is 14.5 Å². The third kappa shape index (κ3) is 4.27. The van der Waals surface area contributed by atoms with Crippen LogP contribution in [0.15, 0.2) is 83.7 Å². The molecule has 4 aromatic rings. The van der Waals surface area contributed by atoms with Crippen molar-refractivity contribution in [3.05, 3.63) is 101 Å². The highest BCUT2D eigenvalue weighted by Gasteiger charge is 2.16. The fraction of sp³-hybridized carbons (Fsp3) is 0.120. The molecule has 2 amide bonds. The molecule has 0 aliphatic heterocycles. The number of rotatable bonds is 5. The van der Waals surface area contributed by atoms with Crippen LogP contribution in [-0.4, -0.2) is 39.9 Å². The van der Waals surface area contributed by atoms with E-state index in [0.29, 0.717) is 33.7 Å². The number of hydrogen-bond donors (Lipinski definition) is 1. The van der Waals surface area contributed by atoms with Gasteiger partial charge in [-0.15, -0.1) is 0 Å². The Kier molecular flexibility index (Phi) is 5.81. The molecule has 4 rings (SSSR count). The van der Waals surface area contributed by atoms with Crippen LogP contribution in [0, 0.1) is 6.92 Å². The van der Waals surface area contributed by atoms with Crippen LogP contribution in [0.25, 0.3) is 16.6 Å². The maximum absolute atomic E-state index is 13.0. The van der Waals surface area contributed by atoms with Gasteiger partial charge in [-0.2, -0.15) is 0 Å². The minimum atomic E-state index is -0.291. The molecule has 3 aromatic carbocycles. The fourth-order valence-electron chi connectivity index (χ4n) is 3.53. The van der Waals surface area contributed by atoms with Crippen LogP contribution in [-0.2, 0) is 4.79 Å². The van der Waals surface area contributed by atoms with Gasteiger partial charge in [-0.3, -0.25) is 19.0 Å². The topological polar surface area (TPSA) is 84.3 Å². The molecule has 0 aliphatic rings. The summed E-state index contributed by atoms with van der Waals surface area (Å²) >= 11 is 0. The Labute approximate surface area is 184 Å². The summed E-state index contributed by atoms with van der Waals surface area (Å²) in [4.78, 5) is 43.8. The van der Waals surface area contributed by atoms with Crippen LogP contribution < -0.4 is 10.9 Å². The van der Waals surface area contributed by atoms with Crippen LogP contribution in [0.2, 0.25) is 0 Å². The first-order valence-electron chi connectivity index (χ1n) is 10.1. The summed E-state index contributed by atoms with van der Waals surface area (Å²) < 4.78 is 1.52. The number of hydrogen-bond acceptors (Lipinski definition) is 4. The molecule has 0 unspecified atom stereocenters. The number of likely N-dealkylation sites (N-methyl/N-ethyl adjacent to an activating group) is 1. The van der Waals surface area contributed by atoms with E-state index in [2.05, 4.69) is 10.3 Å². The van der Waals surface area contributed by atoms with Gasteiger partial charge in [-0.1, -0.05) is 30.3 Å². The van der Waals surface area contributed by atoms with Gasteiger partial charge in [-0.05, 0) is 55.5 Å². The fourth-order valence-corrected chi connectivity index (χ4v) is 3.53. The molecule has 7 nitrogen and oxygen atoms in total. The van der Waals surface area contributed by atoms with Gasteiger partial charge in [0.25, 0.3) is 11.5 Å². The van der Waals surface area contributed by atoms with Crippen LogP contribution in [0.4, 0.5) is 5.69 Å². The number of nitrogens with zero attached hydrogens (tertiary/aromatic N) is 3. The molecule has 1 N–H and O–H groups in total. The minimum absolute atomic E-state index is 0.0807. The standard InChI is InChI=1S/C25H22N4O3/c1-17-26-22-11-7-6-10-21(22)25(32)29(17)20-14-12-18(13-15-20)24(31)28(2)16-23(30)27-19-8-4-3-5-9-19/h3-15H,16H2,1-2H3,(H,27,30). The molecule has 32 heavy (non-hydrogen) atoms. The lowest BCUT2D eigenvalue weighted by atomic mass is 10.1. The van der Waals surface area contributed by atoms with E-state index >= 15 is 0 Å². The summed E-state index contributed by atoms with van der Waals surface area (Å²) in [6.45, 7) is 1.69. The summed E-state index contributed by atoms with van der Waals surface area (Å²) in [5.41, 5.74) is 2.19. The van der Waals surface area contributed by atoms with Gasteiger partial charge in [0.05, 0.1) is 23.1 Å². The Bertz CT molecular complexity index is 1350. The van der Waals surface area contributed by atoms with Crippen molar-refractivity contribution in [2.45, 2.75) is 6.92 Å². The Balaban J connectivity index is 1.51. The van der Waals surface area contributed by atoms with E-state index in [1.165, 1.54) is 9.47 Å². The number of carbonyl (C=O) groups is 2. The second-order valence-corrected chi connectivity index (χ2v) is 7.44. The Morgan fingerprint density at radius 2 is 1.59 bits per heavy atom. The highest BCUT2D eigenvalue weighted by molar-refractivity contribution is 5.99. The van der Waals surface area contributed by atoms with Crippen molar-refractivity contribution in [2.75, 3.05) is 18.9 Å². The number of aromatic nitrogens is 2. The van der Waals surface area contributed by atoms with Gasteiger partial charge in [0, 0.05) is 18.3 Å². The summed E-state index contributed by atoms with van der Waals surface area (Å²) in [6, 6.07) is 23.0. The SMILES string of the molecule is Cc1nc2ccccc2c(=O)n1-c1ccc(C(=O)N(C)CC(=O)Nc2ccccc2)cc1. The molecule has 0 saturated carbocycles. The van der Waals surface area contributed by atoms with Gasteiger partial charge < -0.3 is 10.2 Å². The first kappa shape index (κ1) is 21.0. The number of nitrogens with one attached hydrogen (secondary N) is 1. The lowest BCUT2D eigenvalue weighted by Gasteiger charge is -2.17. The summed E-state index contributed by atoms with van der Waals surface area (Å²) in [6.07, 6.45) is 0. The molecule has 0 spiro atoms. The molecular weight excluding hydrogens is 404 g/mol. The lowest BCUT2D eigenvalue weighted by molar-refractivity contribution is -0.116. The third-order valence-corrected chi connectivity index (χ3v) is 5.10. The van der Waals surface area contributed by atoms with Gasteiger partial charge in [0.2, 0.25) is 5.91 Å². The Morgan fingerprint density at radius 3 is 2.31 bits per heavy atom. The average molecular weight is 426 g/mol. The van der Waals surface area contributed by atoms with Gasteiger partial charge in [0.1, 0.15) is 5.82 Å². The predicted octanol–water partition coefficient (Wildman–Crippen LogP) is 3.40. The zero-order valence-corrected chi connectivity index (χ0v) is 17.8. The molecule has 0 radical (unpaired) electrons. The van der Waals surface area contributed by atoms with Crippen molar-refractivity contribution in [3.63, 3.8) is 0 Å². The molecule has 1 heterocycles. The van der Waals surface area contributed by atoms with Crippen LogP contribution >= 0.6 is 0 Å². The van der Waals surface area contributed by atoms with E-state index in [4.69, 9.17) is 0 Å². The largest absolute Gasteiger partial charge is 0.332 e. The highest BCUT2D eigenvalue weighted by Crippen LogP contribution is 2.14. The molecule has 0 bridgehead atoms. The van der Waals surface area contributed by atoms with E-state index < -0.39 is 0 Å². The van der Waals surface area contributed by atoms with Crippen molar-refractivity contribution in [2.24, 2.45) is 0 Å². The number of fused-ring (bicyclic) bond motifs is 1. The Hall–Kier alpha value is -4.26. The number of para-hydroxylation sites is 2. The number of aryl methyl sites for hydroxylation is 1. The average Bonchev–Trinajstić information content (AvgIpc) is 2.79. The lowest BCUT2D eigenvalue weighted by Crippen LogP contribution is -2.34. The van der Waals surface area contributed by atoms with E-state index in [1.54, 1.807) is 68.6 Å². The first-order chi connectivity index (χ1) is 15.4. The molecule has 7 heteroatoms. The monoisotopic (exact) mass is 426 g/mol. The normalized spacial score (nSPS) is 10.7. The third-order valence-electron chi connectivity index (χ3n) is 5.10. The minimum Gasteiger partial charge on any atom is -0.332 e. The molecule has 0 fully saturated rings. The van der Waals surface area contributed by atoms with Gasteiger partial charge in [0.15, 0.2) is 0 Å². The predicted molar refractivity (Wildman–Crippen MR) is 124 cm³/mol. The van der Waals surface area contributed by atoms with Crippen molar-refractivity contribution >= 4 is 28.4 Å². The van der Waals surface area contributed by atoms with E-state index in [9.17, 15) is 14.4 Å². The summed E-state index contributed by atoms with van der Waals surface area (Å²) in [5.74, 6) is -0.0176. The van der Waals surface area contributed by atoms with E-state index in [-0.39, 0.29) is 23.9 Å². The zero-order valence-electron chi connectivity index (χ0n) is 17.8. The highest BCUT2D eigenvalue weighted by atomic mass is 16.2. The molecule has 0 aliphatic carbocycles. The zero-order chi connectivity index (χ0) is 22.7. The van der Waals surface area contributed by atoms with Crippen molar-refractivity contribution < 1.29 is 9.59 Å². The first-order valence-corrected chi connectivity index (χ1v) is 10.1. The van der Waals surface area contributed by atoms with Gasteiger partial charge >= 0.3 is 0 Å². The van der Waals surface area contributed by atoms with Gasteiger partial charge in [-0.25, -0.2) is 4.98 Å². The van der Waals surface area contributed by atoms with E-state index in [1.807, 2.05) is 24.3 Å². The summed E-state index contributed by atoms with van der Waals surface area (Å²) in [7, 11) is 1.57. The molecule has 160 valence electrons. The number of anilines is 1. The smallest absolute Gasteiger partial charge is 0.265 e. The van der Waals surface area contributed by atoms with Crippen molar-refractivity contribution in [3.8, 4) is 5.69 Å². The maximum Gasteiger partial charge on any atom is 0.265 e. The molecular formula is C25H22N4O3. The Morgan fingerprint density at radius 1 is 0.938 bits per heavy atom. The second-order valence-electron chi connectivity index (χ2n) is 7.44. The van der Waals surface area contributed by atoms with E-state index in [0.717, 1.165) is 0 Å². The van der Waals surface area contributed by atoms with Crippen LogP contribution in [0.1, 0.15) is 16.2 Å². The van der Waals surface area contributed by atoms with Crippen LogP contribution in [0.5, 0.6) is 0 Å². The molecule has 0 atom stereocenters. The molecule has 0 saturated heterocycles. The second kappa shape index (κ2) is 8.85. The summed E-state index contributed by atoms with van der Waals surface area (Å²) in [5, 5.41) is 3.29. The number of benzene rings is 3. The van der Waals surface area contributed by atoms with Crippen molar-refractivity contribution in [1.29, 1.82) is 0 Å².